The molecule has 1 aliphatic carbocycles. The summed E-state index contributed by atoms with van der Waals surface area (Å²) in [4.78, 5) is 0. The molecule has 7 heavy (non-hydrogen) atoms. The fourth-order valence-corrected chi connectivity index (χ4v) is 0.634. The maximum atomic E-state index is 3.14. The van der Waals surface area contributed by atoms with E-state index < -0.39 is 0 Å². The van der Waals surface area contributed by atoms with Crippen LogP contribution in [0.4, 0.5) is 0 Å². The second-order valence-electron chi connectivity index (χ2n) is 1.66. The second-order valence-corrected chi connectivity index (χ2v) is 1.66. The third-order valence-electron chi connectivity index (χ3n) is 1.02. The first-order chi connectivity index (χ1) is 3.50. The topological polar surface area (TPSA) is 0 Å². The summed E-state index contributed by atoms with van der Waals surface area (Å²) >= 11 is 0. The van der Waals surface area contributed by atoms with E-state index in [-0.39, 0.29) is 0 Å². The van der Waals surface area contributed by atoms with E-state index in [4.69, 9.17) is 0 Å². The SMILES string of the molecule is [C]1=CCCC=CC1. The van der Waals surface area contributed by atoms with Gasteiger partial charge in [0.05, 0.1) is 0 Å². The number of rotatable bonds is 0. The summed E-state index contributed by atoms with van der Waals surface area (Å²) < 4.78 is 0. The van der Waals surface area contributed by atoms with Crippen molar-refractivity contribution in [3.63, 3.8) is 0 Å². The fraction of sp³-hybridized carbons (Fsp3) is 0.429. The molecule has 0 saturated heterocycles. The van der Waals surface area contributed by atoms with Crippen molar-refractivity contribution < 1.29 is 0 Å². The number of allylic oxidation sites excluding steroid dienone is 4. The molecular formula is C7H9. The first kappa shape index (κ1) is 4.63. The Morgan fingerprint density at radius 2 is 2.14 bits per heavy atom. The van der Waals surface area contributed by atoms with E-state index in [0.29, 0.717) is 0 Å². The summed E-state index contributed by atoms with van der Waals surface area (Å²) in [7, 11) is 0. The summed E-state index contributed by atoms with van der Waals surface area (Å²) in [5.41, 5.74) is 0. The van der Waals surface area contributed by atoms with Crippen LogP contribution in [-0.4, -0.2) is 0 Å². The van der Waals surface area contributed by atoms with Gasteiger partial charge >= 0.3 is 0 Å². The molecule has 1 radical (unpaired) electrons. The van der Waals surface area contributed by atoms with Crippen LogP contribution in [0, 0.1) is 6.08 Å². The fourth-order valence-electron chi connectivity index (χ4n) is 0.634. The summed E-state index contributed by atoms with van der Waals surface area (Å²) in [6, 6.07) is 0. The highest BCUT2D eigenvalue weighted by atomic mass is 13.9. The largest absolute Gasteiger partial charge is 0.0879 e. The zero-order valence-electron chi connectivity index (χ0n) is 4.35. The molecule has 0 saturated carbocycles. The Bertz CT molecular complexity index is 76.2. The number of hydrogen-bond donors (Lipinski definition) is 0. The highest BCUT2D eigenvalue weighted by molar-refractivity contribution is 4.93. The minimum atomic E-state index is 1.01. The Hall–Kier alpha value is -0.520. The lowest BCUT2D eigenvalue weighted by molar-refractivity contribution is 1.06. The van der Waals surface area contributed by atoms with Crippen LogP contribution in [-0.2, 0) is 0 Å². The Morgan fingerprint density at radius 1 is 1.14 bits per heavy atom. The van der Waals surface area contributed by atoms with Crippen molar-refractivity contribution in [2.75, 3.05) is 0 Å². The predicted octanol–water partition coefficient (Wildman–Crippen LogP) is 2.09. The van der Waals surface area contributed by atoms with Gasteiger partial charge in [0, 0.05) is 0 Å². The monoisotopic (exact) mass is 93.1 g/mol. The lowest BCUT2D eigenvalue weighted by Crippen LogP contribution is -1.56. The van der Waals surface area contributed by atoms with E-state index in [1.807, 2.05) is 0 Å². The molecule has 0 atom stereocenters. The van der Waals surface area contributed by atoms with E-state index in [0.717, 1.165) is 6.42 Å². The highest BCUT2D eigenvalue weighted by Crippen LogP contribution is 1.99. The second kappa shape index (κ2) is 2.62. The van der Waals surface area contributed by atoms with Crippen LogP contribution in [0.1, 0.15) is 19.3 Å². The lowest BCUT2D eigenvalue weighted by atomic mass is 10.3. The van der Waals surface area contributed by atoms with Gasteiger partial charge in [0.2, 0.25) is 0 Å². The van der Waals surface area contributed by atoms with Gasteiger partial charge in [-0.15, -0.1) is 0 Å². The smallest absolute Gasteiger partial charge is 0.00979 e. The molecule has 37 valence electrons. The molecule has 0 unspecified atom stereocenters. The summed E-state index contributed by atoms with van der Waals surface area (Å²) in [5.74, 6) is 0. The molecule has 0 amide bonds. The zero-order chi connectivity index (χ0) is 4.95. The van der Waals surface area contributed by atoms with Crippen LogP contribution in [0.3, 0.4) is 0 Å². The Kier molecular flexibility index (Phi) is 1.73. The van der Waals surface area contributed by atoms with E-state index in [1.54, 1.807) is 0 Å². The molecule has 0 aliphatic heterocycles. The van der Waals surface area contributed by atoms with E-state index in [9.17, 15) is 0 Å². The predicted molar refractivity (Wildman–Crippen MR) is 30.8 cm³/mol. The molecule has 0 N–H and O–H groups in total. The molecule has 0 heterocycles. The quantitative estimate of drug-likeness (QED) is 0.402. The summed E-state index contributed by atoms with van der Waals surface area (Å²) in [6.45, 7) is 0. The van der Waals surface area contributed by atoms with Crippen LogP contribution < -0.4 is 0 Å². The van der Waals surface area contributed by atoms with Crippen LogP contribution in [0.25, 0.3) is 0 Å². The maximum Gasteiger partial charge on any atom is -0.00979 e. The molecule has 0 fully saturated rings. The molecule has 0 aromatic heterocycles. The molecule has 0 bridgehead atoms. The van der Waals surface area contributed by atoms with Crippen molar-refractivity contribution in [2.24, 2.45) is 0 Å². The van der Waals surface area contributed by atoms with E-state index in [2.05, 4.69) is 24.3 Å². The standard InChI is InChI=1S/C7H9/c1-2-4-6-7-5-3-1/h1-2,7H,3-5H2. The van der Waals surface area contributed by atoms with Crippen molar-refractivity contribution >= 4 is 0 Å². The number of hydrogen-bond acceptors (Lipinski definition) is 0. The minimum Gasteiger partial charge on any atom is -0.0879 e. The van der Waals surface area contributed by atoms with Crippen molar-refractivity contribution in [2.45, 2.75) is 19.3 Å². The lowest BCUT2D eigenvalue weighted by Gasteiger charge is -1.76. The third kappa shape index (κ3) is 1.58. The van der Waals surface area contributed by atoms with Crippen molar-refractivity contribution in [1.29, 1.82) is 0 Å². The molecule has 0 aromatic carbocycles. The van der Waals surface area contributed by atoms with Gasteiger partial charge in [0.25, 0.3) is 0 Å². The average Bonchev–Trinajstić information content (AvgIpc) is 1.90. The maximum absolute atomic E-state index is 3.14. The molecule has 0 nitrogen and oxygen atoms in total. The molecule has 0 heteroatoms. The minimum absolute atomic E-state index is 1.01. The van der Waals surface area contributed by atoms with Gasteiger partial charge in [-0.05, 0) is 25.3 Å². The van der Waals surface area contributed by atoms with Gasteiger partial charge in [-0.1, -0.05) is 18.2 Å². The molecular weight excluding hydrogens is 84.1 g/mol. The Labute approximate surface area is 44.5 Å². The van der Waals surface area contributed by atoms with Gasteiger partial charge in [0.15, 0.2) is 0 Å². The van der Waals surface area contributed by atoms with Gasteiger partial charge in [-0.2, -0.15) is 0 Å². The van der Waals surface area contributed by atoms with Gasteiger partial charge in [0.1, 0.15) is 0 Å². The molecule has 1 rings (SSSR count). The van der Waals surface area contributed by atoms with Crippen LogP contribution in [0.15, 0.2) is 18.2 Å². The Balaban J connectivity index is 2.38. The molecule has 0 spiro atoms. The van der Waals surface area contributed by atoms with Crippen molar-refractivity contribution in [3.8, 4) is 0 Å². The van der Waals surface area contributed by atoms with Crippen molar-refractivity contribution in [1.82, 2.24) is 0 Å². The van der Waals surface area contributed by atoms with E-state index in [1.165, 1.54) is 12.8 Å². The van der Waals surface area contributed by atoms with E-state index >= 15 is 0 Å². The first-order valence-electron chi connectivity index (χ1n) is 2.70. The average molecular weight is 93.1 g/mol. The van der Waals surface area contributed by atoms with Crippen molar-refractivity contribution in [3.05, 3.63) is 24.3 Å². The highest BCUT2D eigenvalue weighted by Gasteiger charge is 1.80. The summed E-state index contributed by atoms with van der Waals surface area (Å²) in [6.07, 6.45) is 13.0. The summed E-state index contributed by atoms with van der Waals surface area (Å²) in [5, 5.41) is 0. The Morgan fingerprint density at radius 3 is 3.14 bits per heavy atom. The third-order valence-corrected chi connectivity index (χ3v) is 1.02. The molecule has 0 aromatic rings. The first-order valence-corrected chi connectivity index (χ1v) is 2.70. The molecule has 1 aliphatic rings. The van der Waals surface area contributed by atoms with Crippen LogP contribution in [0.2, 0.25) is 0 Å². The van der Waals surface area contributed by atoms with Gasteiger partial charge in [-0.25, -0.2) is 0 Å². The van der Waals surface area contributed by atoms with Gasteiger partial charge < -0.3 is 0 Å². The van der Waals surface area contributed by atoms with Gasteiger partial charge in [-0.3, -0.25) is 0 Å². The zero-order valence-corrected chi connectivity index (χ0v) is 4.35. The normalized spacial score (nSPS) is 19.4. The van der Waals surface area contributed by atoms with Crippen LogP contribution in [0.5, 0.6) is 0 Å². The van der Waals surface area contributed by atoms with Crippen LogP contribution >= 0.6 is 0 Å².